The lowest BCUT2D eigenvalue weighted by atomic mass is 10.1. The molecule has 5 heteroatoms. The molecule has 128 valence electrons. The lowest BCUT2D eigenvalue weighted by Crippen LogP contribution is -2.23. The number of nitrogens with zero attached hydrogens (tertiary/aromatic N) is 3. The third-order valence-corrected chi connectivity index (χ3v) is 4.01. The Bertz CT molecular complexity index is 823. The largest absolute Gasteiger partial charge is 0.348 e. The molecule has 2 heterocycles. The minimum atomic E-state index is -0.109. The second-order valence-corrected chi connectivity index (χ2v) is 6.36. The van der Waals surface area contributed by atoms with Gasteiger partial charge in [-0.3, -0.25) is 9.78 Å². The van der Waals surface area contributed by atoms with Crippen molar-refractivity contribution in [3.8, 4) is 0 Å². The van der Waals surface area contributed by atoms with E-state index in [1.165, 1.54) is 5.56 Å². The normalized spacial score (nSPS) is 10.8. The summed E-state index contributed by atoms with van der Waals surface area (Å²) >= 11 is 0. The van der Waals surface area contributed by atoms with E-state index in [9.17, 15) is 4.79 Å². The summed E-state index contributed by atoms with van der Waals surface area (Å²) in [7, 11) is 0. The van der Waals surface area contributed by atoms with Crippen molar-refractivity contribution in [2.75, 3.05) is 0 Å². The molecule has 3 aromatic rings. The molecule has 0 unspecified atom stereocenters. The van der Waals surface area contributed by atoms with Gasteiger partial charge in [-0.25, -0.2) is 4.98 Å². The van der Waals surface area contributed by atoms with Crippen LogP contribution in [-0.4, -0.2) is 20.4 Å². The predicted molar refractivity (Wildman–Crippen MR) is 97.3 cm³/mol. The standard InChI is InChI=1S/C20H22N4O/c1-15(2)19-7-6-18(12-22-19)20(25)23-11-16-4-3-5-17(10-16)13-24-9-8-21-14-24/h3-10,12,14-15H,11,13H2,1-2H3,(H,23,25). The first-order valence-corrected chi connectivity index (χ1v) is 8.39. The van der Waals surface area contributed by atoms with Crippen molar-refractivity contribution in [2.45, 2.75) is 32.9 Å². The Labute approximate surface area is 147 Å². The van der Waals surface area contributed by atoms with Crippen molar-refractivity contribution in [3.05, 3.63) is 83.7 Å². The number of aromatic nitrogens is 3. The van der Waals surface area contributed by atoms with Gasteiger partial charge in [-0.1, -0.05) is 38.1 Å². The van der Waals surface area contributed by atoms with Crippen molar-refractivity contribution >= 4 is 5.91 Å². The van der Waals surface area contributed by atoms with Gasteiger partial charge in [-0.2, -0.15) is 0 Å². The maximum Gasteiger partial charge on any atom is 0.253 e. The van der Waals surface area contributed by atoms with E-state index in [1.807, 2.05) is 35.0 Å². The predicted octanol–water partition coefficient (Wildman–Crippen LogP) is 3.38. The Morgan fingerprint density at radius 1 is 1.20 bits per heavy atom. The van der Waals surface area contributed by atoms with Gasteiger partial charge in [0.2, 0.25) is 0 Å². The van der Waals surface area contributed by atoms with E-state index < -0.39 is 0 Å². The highest BCUT2D eigenvalue weighted by molar-refractivity contribution is 5.93. The minimum absolute atomic E-state index is 0.109. The monoisotopic (exact) mass is 334 g/mol. The molecular weight excluding hydrogens is 312 g/mol. The number of hydrogen-bond donors (Lipinski definition) is 1. The Hall–Kier alpha value is -2.95. The molecule has 0 saturated carbocycles. The minimum Gasteiger partial charge on any atom is -0.348 e. The average Bonchev–Trinajstić information content (AvgIpc) is 3.13. The number of imidazole rings is 1. The number of hydrogen-bond acceptors (Lipinski definition) is 3. The Morgan fingerprint density at radius 3 is 2.72 bits per heavy atom. The molecule has 1 N–H and O–H groups in total. The smallest absolute Gasteiger partial charge is 0.253 e. The summed E-state index contributed by atoms with van der Waals surface area (Å²) in [6.45, 7) is 5.42. The summed E-state index contributed by atoms with van der Waals surface area (Å²) in [6, 6.07) is 11.9. The van der Waals surface area contributed by atoms with Gasteiger partial charge in [0.25, 0.3) is 5.91 Å². The number of rotatable bonds is 6. The molecule has 25 heavy (non-hydrogen) atoms. The number of benzene rings is 1. The van der Waals surface area contributed by atoms with Crippen molar-refractivity contribution in [1.82, 2.24) is 19.9 Å². The van der Waals surface area contributed by atoms with Gasteiger partial charge in [0.1, 0.15) is 0 Å². The van der Waals surface area contributed by atoms with Crippen LogP contribution in [0.15, 0.2) is 61.3 Å². The van der Waals surface area contributed by atoms with E-state index in [0.29, 0.717) is 18.0 Å². The molecule has 0 aliphatic heterocycles. The summed E-state index contributed by atoms with van der Waals surface area (Å²) in [6.07, 6.45) is 7.13. The fourth-order valence-corrected chi connectivity index (χ4v) is 2.59. The van der Waals surface area contributed by atoms with Gasteiger partial charge in [-0.15, -0.1) is 0 Å². The Morgan fingerprint density at radius 2 is 2.04 bits per heavy atom. The van der Waals surface area contributed by atoms with Crippen LogP contribution >= 0.6 is 0 Å². The van der Waals surface area contributed by atoms with Crippen LogP contribution in [0.2, 0.25) is 0 Å². The number of amides is 1. The number of nitrogens with one attached hydrogen (secondary N) is 1. The summed E-state index contributed by atoms with van der Waals surface area (Å²) in [5, 5.41) is 2.95. The number of pyridine rings is 1. The van der Waals surface area contributed by atoms with E-state index >= 15 is 0 Å². The SMILES string of the molecule is CC(C)c1ccc(C(=O)NCc2cccc(Cn3ccnc3)c2)cn1. The van der Waals surface area contributed by atoms with E-state index in [-0.39, 0.29) is 5.91 Å². The molecule has 0 saturated heterocycles. The number of carbonyl (C=O) groups excluding carboxylic acids is 1. The molecule has 5 nitrogen and oxygen atoms in total. The van der Waals surface area contributed by atoms with E-state index in [2.05, 4.69) is 41.3 Å². The third kappa shape index (κ3) is 4.53. The maximum absolute atomic E-state index is 12.3. The first kappa shape index (κ1) is 16.9. The molecular formula is C20H22N4O. The molecule has 1 aromatic carbocycles. The summed E-state index contributed by atoms with van der Waals surface area (Å²) in [4.78, 5) is 20.7. The molecule has 0 fully saturated rings. The highest BCUT2D eigenvalue weighted by Crippen LogP contribution is 2.12. The lowest BCUT2D eigenvalue weighted by molar-refractivity contribution is 0.0950. The summed E-state index contributed by atoms with van der Waals surface area (Å²) < 4.78 is 2.01. The zero-order valence-corrected chi connectivity index (χ0v) is 14.5. The molecule has 0 bridgehead atoms. The second kappa shape index (κ2) is 7.75. The first-order valence-electron chi connectivity index (χ1n) is 8.39. The highest BCUT2D eigenvalue weighted by atomic mass is 16.1. The zero-order chi connectivity index (χ0) is 17.6. The quantitative estimate of drug-likeness (QED) is 0.752. The third-order valence-electron chi connectivity index (χ3n) is 4.01. The topological polar surface area (TPSA) is 59.8 Å². The average molecular weight is 334 g/mol. The summed E-state index contributed by atoms with van der Waals surface area (Å²) in [5.41, 5.74) is 3.81. The lowest BCUT2D eigenvalue weighted by Gasteiger charge is -2.09. The van der Waals surface area contributed by atoms with Crippen LogP contribution in [0.3, 0.4) is 0 Å². The van der Waals surface area contributed by atoms with Gasteiger partial charge in [0.15, 0.2) is 0 Å². The maximum atomic E-state index is 12.3. The zero-order valence-electron chi connectivity index (χ0n) is 14.5. The van der Waals surface area contributed by atoms with Gasteiger partial charge in [0, 0.05) is 37.4 Å². The van der Waals surface area contributed by atoms with Crippen LogP contribution in [0.4, 0.5) is 0 Å². The van der Waals surface area contributed by atoms with Gasteiger partial charge in [-0.05, 0) is 29.2 Å². The molecule has 2 aromatic heterocycles. The Kier molecular flexibility index (Phi) is 5.23. The van der Waals surface area contributed by atoms with Crippen molar-refractivity contribution in [2.24, 2.45) is 0 Å². The first-order chi connectivity index (χ1) is 12.1. The van der Waals surface area contributed by atoms with Crippen LogP contribution in [0.25, 0.3) is 0 Å². The summed E-state index contributed by atoms with van der Waals surface area (Å²) in [5.74, 6) is 0.248. The molecule has 3 rings (SSSR count). The highest BCUT2D eigenvalue weighted by Gasteiger charge is 2.07. The number of carbonyl (C=O) groups is 1. The second-order valence-electron chi connectivity index (χ2n) is 6.36. The van der Waals surface area contributed by atoms with Crippen molar-refractivity contribution in [3.63, 3.8) is 0 Å². The van der Waals surface area contributed by atoms with Crippen molar-refractivity contribution < 1.29 is 4.79 Å². The van der Waals surface area contributed by atoms with Crippen molar-refractivity contribution in [1.29, 1.82) is 0 Å². The molecule has 0 aliphatic carbocycles. The van der Waals surface area contributed by atoms with Crippen LogP contribution < -0.4 is 5.32 Å². The van der Waals surface area contributed by atoms with Gasteiger partial charge in [0.05, 0.1) is 11.9 Å². The van der Waals surface area contributed by atoms with Crippen LogP contribution in [0.5, 0.6) is 0 Å². The van der Waals surface area contributed by atoms with Gasteiger partial charge >= 0.3 is 0 Å². The van der Waals surface area contributed by atoms with Crippen LogP contribution in [0, 0.1) is 0 Å². The molecule has 0 aliphatic rings. The van der Waals surface area contributed by atoms with Gasteiger partial charge < -0.3 is 9.88 Å². The van der Waals surface area contributed by atoms with E-state index in [0.717, 1.165) is 17.8 Å². The van der Waals surface area contributed by atoms with E-state index in [4.69, 9.17) is 0 Å². The fraction of sp³-hybridized carbons (Fsp3) is 0.250. The molecule has 0 radical (unpaired) electrons. The van der Waals surface area contributed by atoms with Crippen LogP contribution in [-0.2, 0) is 13.1 Å². The molecule has 1 amide bonds. The Balaban J connectivity index is 1.60. The van der Waals surface area contributed by atoms with E-state index in [1.54, 1.807) is 18.7 Å². The molecule has 0 atom stereocenters. The fourth-order valence-electron chi connectivity index (χ4n) is 2.59. The van der Waals surface area contributed by atoms with Crippen LogP contribution in [0.1, 0.15) is 46.9 Å². The molecule has 0 spiro atoms.